The molecule has 3 aromatic carbocycles. The molecule has 1 unspecified atom stereocenters. The van der Waals surface area contributed by atoms with Gasteiger partial charge in [-0.1, -0.05) is 24.3 Å². The highest BCUT2D eigenvalue weighted by Gasteiger charge is 2.32. The van der Waals surface area contributed by atoms with Crippen LogP contribution in [0.15, 0.2) is 48.5 Å². The van der Waals surface area contributed by atoms with Crippen molar-refractivity contribution in [3.8, 4) is 34.1 Å². The Hall–Kier alpha value is -3.44. The van der Waals surface area contributed by atoms with Crippen LogP contribution in [0.5, 0.6) is 23.0 Å². The van der Waals surface area contributed by atoms with Gasteiger partial charge in [-0.15, -0.1) is 0 Å². The Bertz CT molecular complexity index is 1350. The molecule has 34 heavy (non-hydrogen) atoms. The van der Waals surface area contributed by atoms with E-state index >= 15 is 0 Å². The number of hydrogen-bond donors (Lipinski definition) is 1. The van der Waals surface area contributed by atoms with Gasteiger partial charge in [0.25, 0.3) is 0 Å². The second-order valence-corrected chi connectivity index (χ2v) is 9.11. The number of ether oxygens (including phenoxy) is 4. The van der Waals surface area contributed by atoms with Gasteiger partial charge in [0.15, 0.2) is 11.5 Å². The molecule has 0 aliphatic carbocycles. The number of methoxy groups -OCH3 is 2. The minimum atomic E-state index is -3.85. The summed E-state index contributed by atoms with van der Waals surface area (Å²) < 4.78 is 84.9. The Morgan fingerprint density at radius 2 is 1.74 bits per heavy atom. The number of halogens is 3. The van der Waals surface area contributed by atoms with Gasteiger partial charge in [0.2, 0.25) is 10.0 Å². The highest BCUT2D eigenvalue weighted by atomic mass is 32.2. The van der Waals surface area contributed by atoms with Crippen molar-refractivity contribution in [2.45, 2.75) is 18.5 Å². The molecular formula is C23H20F3NO6S. The second-order valence-electron chi connectivity index (χ2n) is 7.50. The van der Waals surface area contributed by atoms with Gasteiger partial charge in [-0.3, -0.25) is 0 Å². The van der Waals surface area contributed by atoms with Crippen molar-refractivity contribution in [1.29, 1.82) is 0 Å². The molecule has 11 heteroatoms. The first-order valence-electron chi connectivity index (χ1n) is 9.90. The van der Waals surface area contributed by atoms with Crippen LogP contribution in [0, 0.1) is 5.82 Å². The maximum absolute atomic E-state index is 14.3. The van der Waals surface area contributed by atoms with E-state index in [1.54, 1.807) is 30.3 Å². The molecule has 7 nitrogen and oxygen atoms in total. The van der Waals surface area contributed by atoms with E-state index in [-0.39, 0.29) is 11.3 Å². The molecule has 3 aromatic rings. The fraction of sp³-hybridized carbons (Fsp3) is 0.217. The Labute approximate surface area is 193 Å². The summed E-state index contributed by atoms with van der Waals surface area (Å²) in [5.74, 6) is -0.828. The molecule has 2 N–H and O–H groups in total. The van der Waals surface area contributed by atoms with Gasteiger partial charge >= 0.3 is 6.61 Å². The average Bonchev–Trinajstić information content (AvgIpc) is 2.76. The third-order valence-corrected chi connectivity index (χ3v) is 5.97. The summed E-state index contributed by atoms with van der Waals surface area (Å²) in [7, 11) is -0.909. The minimum Gasteiger partial charge on any atom is -0.493 e. The molecule has 0 saturated heterocycles. The standard InChI is InChI=1S/C23H20F3NO6S/c1-30-17-6-4-13(8-18(17)31-2)22-16-7-12(11-34(27,28)29)3-5-15(16)21-19(32-22)9-14(24)10-20(21)33-23(25)26/h3-10,22-23H,11H2,1-2H3,(H2,27,28,29). The summed E-state index contributed by atoms with van der Waals surface area (Å²) >= 11 is 0. The first-order valence-corrected chi connectivity index (χ1v) is 11.6. The Balaban J connectivity index is 1.94. The van der Waals surface area contributed by atoms with Crippen LogP contribution in [0.2, 0.25) is 0 Å². The van der Waals surface area contributed by atoms with Crippen molar-refractivity contribution in [2.24, 2.45) is 5.14 Å². The lowest BCUT2D eigenvalue weighted by atomic mass is 9.88. The number of hydrogen-bond acceptors (Lipinski definition) is 6. The number of nitrogens with two attached hydrogens (primary N) is 1. The van der Waals surface area contributed by atoms with Gasteiger partial charge in [-0.05, 0) is 23.3 Å². The quantitative estimate of drug-likeness (QED) is 0.523. The Kier molecular flexibility index (Phi) is 6.32. The molecule has 180 valence electrons. The van der Waals surface area contributed by atoms with E-state index in [4.69, 9.17) is 19.3 Å². The van der Waals surface area contributed by atoms with Gasteiger partial charge in [0, 0.05) is 23.3 Å². The van der Waals surface area contributed by atoms with Crippen LogP contribution in [0.3, 0.4) is 0 Å². The smallest absolute Gasteiger partial charge is 0.387 e. The molecule has 0 fully saturated rings. The van der Waals surface area contributed by atoms with E-state index in [0.29, 0.717) is 33.8 Å². The van der Waals surface area contributed by atoms with Gasteiger partial charge in [0.05, 0.1) is 25.5 Å². The van der Waals surface area contributed by atoms with Crippen molar-refractivity contribution in [1.82, 2.24) is 0 Å². The zero-order chi connectivity index (χ0) is 24.6. The van der Waals surface area contributed by atoms with Crippen molar-refractivity contribution in [3.05, 3.63) is 71.0 Å². The average molecular weight is 495 g/mol. The van der Waals surface area contributed by atoms with Crippen molar-refractivity contribution < 1.29 is 40.5 Å². The minimum absolute atomic E-state index is 0.0119. The largest absolute Gasteiger partial charge is 0.493 e. The van der Waals surface area contributed by atoms with Crippen LogP contribution >= 0.6 is 0 Å². The normalized spacial score (nSPS) is 14.7. The number of primary sulfonamides is 1. The first kappa shape index (κ1) is 23.7. The SMILES string of the molecule is COc1ccc(C2Oc3cc(F)cc(OC(F)F)c3-c3ccc(CS(N)(=O)=O)cc32)cc1OC. The lowest BCUT2D eigenvalue weighted by Crippen LogP contribution is -2.19. The molecule has 1 aliphatic rings. The van der Waals surface area contributed by atoms with Gasteiger partial charge in [0.1, 0.15) is 23.4 Å². The fourth-order valence-electron chi connectivity index (χ4n) is 3.94. The molecule has 1 heterocycles. The van der Waals surface area contributed by atoms with E-state index in [0.717, 1.165) is 12.1 Å². The highest BCUT2D eigenvalue weighted by molar-refractivity contribution is 7.88. The third kappa shape index (κ3) is 4.75. The van der Waals surface area contributed by atoms with E-state index in [1.807, 2.05) is 0 Å². The van der Waals surface area contributed by atoms with E-state index < -0.39 is 40.1 Å². The molecule has 4 rings (SSSR count). The fourth-order valence-corrected chi connectivity index (χ4v) is 4.58. The lowest BCUT2D eigenvalue weighted by molar-refractivity contribution is -0.0497. The summed E-state index contributed by atoms with van der Waals surface area (Å²) in [5, 5.41) is 5.20. The van der Waals surface area contributed by atoms with Crippen molar-refractivity contribution in [2.75, 3.05) is 14.2 Å². The second kappa shape index (κ2) is 9.07. The summed E-state index contributed by atoms with van der Waals surface area (Å²) in [6, 6.07) is 11.5. The topological polar surface area (TPSA) is 97.1 Å². The molecule has 1 aliphatic heterocycles. The summed E-state index contributed by atoms with van der Waals surface area (Å²) in [5.41, 5.74) is 1.91. The number of fused-ring (bicyclic) bond motifs is 3. The van der Waals surface area contributed by atoms with Crippen LogP contribution < -0.4 is 24.1 Å². The summed E-state index contributed by atoms with van der Waals surface area (Å²) in [6.45, 7) is -3.19. The molecule has 0 amide bonds. The maximum atomic E-state index is 14.3. The van der Waals surface area contributed by atoms with Crippen LogP contribution in [-0.4, -0.2) is 29.2 Å². The molecule has 0 aromatic heterocycles. The number of benzene rings is 3. The Morgan fingerprint density at radius 1 is 1.00 bits per heavy atom. The highest BCUT2D eigenvalue weighted by Crippen LogP contribution is 2.50. The zero-order valence-corrected chi connectivity index (χ0v) is 18.9. The molecule has 0 radical (unpaired) electrons. The number of sulfonamides is 1. The molecule has 1 atom stereocenters. The third-order valence-electron chi connectivity index (χ3n) is 5.24. The van der Waals surface area contributed by atoms with Crippen LogP contribution in [0.1, 0.15) is 22.8 Å². The number of alkyl halides is 2. The zero-order valence-electron chi connectivity index (χ0n) is 18.0. The first-order chi connectivity index (χ1) is 16.1. The van der Waals surface area contributed by atoms with Crippen LogP contribution in [0.4, 0.5) is 13.2 Å². The van der Waals surface area contributed by atoms with E-state index in [9.17, 15) is 21.6 Å². The molecule has 0 saturated carbocycles. The molecule has 0 spiro atoms. The predicted molar refractivity (Wildman–Crippen MR) is 117 cm³/mol. The predicted octanol–water partition coefficient (Wildman–Crippen LogP) is 4.38. The van der Waals surface area contributed by atoms with Gasteiger partial charge in [-0.2, -0.15) is 8.78 Å². The summed E-state index contributed by atoms with van der Waals surface area (Å²) in [6.07, 6.45) is -0.857. The lowest BCUT2D eigenvalue weighted by Gasteiger charge is -2.31. The molecular weight excluding hydrogens is 475 g/mol. The van der Waals surface area contributed by atoms with Crippen LogP contribution in [0.25, 0.3) is 11.1 Å². The molecule has 0 bridgehead atoms. The number of rotatable bonds is 7. The van der Waals surface area contributed by atoms with E-state index in [2.05, 4.69) is 4.74 Å². The van der Waals surface area contributed by atoms with E-state index in [1.165, 1.54) is 20.3 Å². The van der Waals surface area contributed by atoms with Crippen molar-refractivity contribution in [3.63, 3.8) is 0 Å². The van der Waals surface area contributed by atoms with Crippen LogP contribution in [-0.2, 0) is 15.8 Å². The van der Waals surface area contributed by atoms with Crippen molar-refractivity contribution >= 4 is 10.0 Å². The Morgan fingerprint density at radius 3 is 2.38 bits per heavy atom. The van der Waals surface area contributed by atoms with Gasteiger partial charge < -0.3 is 18.9 Å². The maximum Gasteiger partial charge on any atom is 0.387 e. The van der Waals surface area contributed by atoms with Gasteiger partial charge in [-0.25, -0.2) is 17.9 Å². The monoisotopic (exact) mass is 495 g/mol. The summed E-state index contributed by atoms with van der Waals surface area (Å²) in [4.78, 5) is 0.